The van der Waals surface area contributed by atoms with Crippen molar-refractivity contribution < 1.29 is 19.7 Å². The molecule has 0 radical (unpaired) electrons. The molecule has 8 unspecified atom stereocenters. The number of hydrogen-bond donors (Lipinski definition) is 3. The molecule has 1 heterocycles. The molecule has 0 aromatic rings. The topological polar surface area (TPSA) is 78.8 Å². The number of hydrogen-bond acceptors (Lipinski definition) is 4. The lowest BCUT2D eigenvalue weighted by molar-refractivity contribution is -0.150. The van der Waals surface area contributed by atoms with Crippen molar-refractivity contribution in [2.45, 2.75) is 129 Å². The zero-order valence-electron chi connectivity index (χ0n) is 22.5. The van der Waals surface area contributed by atoms with Crippen molar-refractivity contribution in [3.05, 3.63) is 0 Å². The third-order valence-corrected chi connectivity index (χ3v) is 13.3. The normalized spacial score (nSPS) is 53.3. The van der Waals surface area contributed by atoms with Crippen LogP contribution in [0, 0.1) is 45.3 Å². The Labute approximate surface area is 212 Å². The van der Waals surface area contributed by atoms with Gasteiger partial charge < -0.3 is 20.3 Å². The van der Waals surface area contributed by atoms with Crippen molar-refractivity contribution >= 4 is 5.91 Å². The van der Waals surface area contributed by atoms with Gasteiger partial charge in [0, 0.05) is 13.2 Å². The maximum absolute atomic E-state index is 12.9. The van der Waals surface area contributed by atoms with Gasteiger partial charge in [-0.2, -0.15) is 0 Å². The Bertz CT molecular complexity index is 855. The van der Waals surface area contributed by atoms with E-state index in [1.165, 1.54) is 57.8 Å². The predicted molar refractivity (Wildman–Crippen MR) is 135 cm³/mol. The quantitative estimate of drug-likeness (QED) is 0.521. The maximum Gasteiger partial charge on any atom is 0.249 e. The lowest BCUT2D eigenvalue weighted by atomic mass is 9.46. The fourth-order valence-electron chi connectivity index (χ4n) is 11.3. The van der Waals surface area contributed by atoms with E-state index in [9.17, 15) is 9.90 Å². The van der Waals surface area contributed by atoms with Crippen LogP contribution in [-0.2, 0) is 9.53 Å². The molecule has 0 bridgehead atoms. The number of rotatable bonds is 2. The molecule has 1 amide bonds. The van der Waals surface area contributed by atoms with Crippen molar-refractivity contribution in [1.29, 1.82) is 0 Å². The van der Waals surface area contributed by atoms with Gasteiger partial charge in [0.1, 0.15) is 6.10 Å². The van der Waals surface area contributed by atoms with E-state index >= 15 is 0 Å². The number of aliphatic hydroxyl groups is 2. The second kappa shape index (κ2) is 8.17. The third kappa shape index (κ3) is 3.19. The molecule has 35 heavy (non-hydrogen) atoms. The molecule has 0 aromatic carbocycles. The third-order valence-electron chi connectivity index (χ3n) is 13.3. The summed E-state index contributed by atoms with van der Waals surface area (Å²) in [7, 11) is 1.00. The highest BCUT2D eigenvalue weighted by Crippen LogP contribution is 2.87. The average Bonchev–Trinajstić information content (AvgIpc) is 3.40. The van der Waals surface area contributed by atoms with Crippen LogP contribution in [0.2, 0.25) is 0 Å². The summed E-state index contributed by atoms with van der Waals surface area (Å²) in [5, 5.41) is 21.1. The van der Waals surface area contributed by atoms with Crippen LogP contribution < -0.4 is 5.32 Å². The van der Waals surface area contributed by atoms with Crippen molar-refractivity contribution in [2.24, 2.45) is 45.3 Å². The number of amides is 1. The van der Waals surface area contributed by atoms with Crippen LogP contribution in [0.3, 0.4) is 0 Å². The van der Waals surface area contributed by atoms with Gasteiger partial charge in [-0.05, 0) is 129 Å². The molecule has 3 N–H and O–H groups in total. The van der Waals surface area contributed by atoms with Gasteiger partial charge >= 0.3 is 0 Å². The van der Waals surface area contributed by atoms with Crippen LogP contribution >= 0.6 is 0 Å². The summed E-state index contributed by atoms with van der Waals surface area (Å²) >= 11 is 0. The summed E-state index contributed by atoms with van der Waals surface area (Å²) in [5.41, 5.74) is 1.53. The SMILES string of the molecule is CC12CC[C@@]34CC35CC[C@H](O)C(C)(C)C5CCC4C1CC1OC(C(=O)NC3CCC3)CCC12.CO. The summed E-state index contributed by atoms with van der Waals surface area (Å²) in [4.78, 5) is 12.9. The van der Waals surface area contributed by atoms with Gasteiger partial charge in [0.2, 0.25) is 5.91 Å². The van der Waals surface area contributed by atoms with Crippen molar-refractivity contribution in [3.63, 3.8) is 0 Å². The van der Waals surface area contributed by atoms with E-state index in [2.05, 4.69) is 26.1 Å². The average molecular weight is 488 g/mol. The van der Waals surface area contributed by atoms with Gasteiger partial charge in [-0.3, -0.25) is 4.79 Å². The lowest BCUT2D eigenvalue weighted by Crippen LogP contribution is -2.54. The molecule has 5 heteroatoms. The van der Waals surface area contributed by atoms with Crippen LogP contribution in [0.1, 0.15) is 104 Å². The largest absolute Gasteiger partial charge is 0.400 e. The van der Waals surface area contributed by atoms with E-state index in [0.29, 0.717) is 34.1 Å². The molecule has 7 rings (SSSR count). The standard InChI is InChI=1S/C29H45NO3.CH4O/c1-26(2)23-10-8-18-20-15-22-19(7-9-21(33-22)25(32)30-17-5-4-6-17)27(20,3)13-14-28(18)16-29(23,28)12-11-24(26)31;1-2/h17-24,31H,4-16H2,1-3H3,(H,30,32);2H,1H3/t18?,19?,20?,21?,22?,23?,24-,27?,28-,29?;/m0./s1. The molecule has 2 spiro atoms. The number of carbonyl (C=O) groups excluding carboxylic acids is 1. The summed E-state index contributed by atoms with van der Waals surface area (Å²) < 4.78 is 6.63. The minimum atomic E-state index is -0.215. The van der Waals surface area contributed by atoms with Crippen LogP contribution in [0.15, 0.2) is 0 Å². The Hall–Kier alpha value is -0.650. The summed E-state index contributed by atoms with van der Waals surface area (Å²) in [6.45, 7) is 7.31. The van der Waals surface area contributed by atoms with Gasteiger partial charge in [0.15, 0.2) is 0 Å². The molecule has 1 aliphatic heterocycles. The Kier molecular flexibility index (Phi) is 5.76. The molecule has 6 aliphatic carbocycles. The van der Waals surface area contributed by atoms with E-state index in [0.717, 1.165) is 44.6 Å². The van der Waals surface area contributed by atoms with E-state index < -0.39 is 0 Å². The molecule has 7 aliphatic rings. The smallest absolute Gasteiger partial charge is 0.249 e. The molecule has 10 atom stereocenters. The molecule has 7 fully saturated rings. The minimum Gasteiger partial charge on any atom is -0.400 e. The maximum atomic E-state index is 12.9. The highest BCUT2D eigenvalue weighted by atomic mass is 16.5. The lowest BCUT2D eigenvalue weighted by Gasteiger charge is -2.59. The monoisotopic (exact) mass is 487 g/mol. The van der Waals surface area contributed by atoms with Crippen LogP contribution in [0.25, 0.3) is 0 Å². The van der Waals surface area contributed by atoms with Crippen LogP contribution in [-0.4, -0.2) is 47.6 Å². The first-order valence-corrected chi connectivity index (χ1v) is 14.8. The zero-order valence-corrected chi connectivity index (χ0v) is 22.5. The van der Waals surface area contributed by atoms with E-state index in [1.807, 2.05) is 0 Å². The van der Waals surface area contributed by atoms with Crippen molar-refractivity contribution in [3.8, 4) is 0 Å². The van der Waals surface area contributed by atoms with E-state index in [4.69, 9.17) is 9.84 Å². The van der Waals surface area contributed by atoms with Crippen molar-refractivity contribution in [1.82, 2.24) is 5.32 Å². The van der Waals surface area contributed by atoms with Gasteiger partial charge in [0.25, 0.3) is 0 Å². The zero-order chi connectivity index (χ0) is 24.8. The number of fused-ring (bicyclic) bond motifs is 4. The van der Waals surface area contributed by atoms with Crippen molar-refractivity contribution in [2.75, 3.05) is 7.11 Å². The number of ether oxygens (including phenoxy) is 1. The first kappa shape index (κ1) is 24.7. The van der Waals surface area contributed by atoms with Crippen LogP contribution in [0.5, 0.6) is 0 Å². The molecular formula is C30H49NO4. The fourth-order valence-corrected chi connectivity index (χ4v) is 11.3. The number of nitrogens with one attached hydrogen (secondary N) is 1. The molecule has 5 nitrogen and oxygen atoms in total. The second-order valence-electron chi connectivity index (χ2n) is 14.4. The fraction of sp³-hybridized carbons (Fsp3) is 0.967. The van der Waals surface area contributed by atoms with Gasteiger partial charge in [-0.25, -0.2) is 0 Å². The molecule has 0 aromatic heterocycles. The minimum absolute atomic E-state index is 0.0707. The Morgan fingerprint density at radius 1 is 0.857 bits per heavy atom. The number of aliphatic hydroxyl groups excluding tert-OH is 2. The van der Waals surface area contributed by atoms with E-state index in [-0.39, 0.29) is 29.6 Å². The summed E-state index contributed by atoms with van der Waals surface area (Å²) in [6.07, 6.45) is 15.9. The highest BCUT2D eigenvalue weighted by Gasteiger charge is 2.80. The van der Waals surface area contributed by atoms with Crippen LogP contribution in [0.4, 0.5) is 0 Å². The molecular weight excluding hydrogens is 438 g/mol. The van der Waals surface area contributed by atoms with E-state index in [1.54, 1.807) is 0 Å². The summed E-state index contributed by atoms with van der Waals surface area (Å²) in [6, 6.07) is 0.405. The second-order valence-corrected chi connectivity index (χ2v) is 14.4. The Balaban J connectivity index is 0.00000112. The molecule has 1 saturated heterocycles. The van der Waals surface area contributed by atoms with Gasteiger partial charge in [-0.1, -0.05) is 20.8 Å². The number of carbonyl (C=O) groups is 1. The first-order chi connectivity index (χ1) is 16.7. The Morgan fingerprint density at radius 3 is 2.31 bits per heavy atom. The highest BCUT2D eigenvalue weighted by molar-refractivity contribution is 5.81. The van der Waals surface area contributed by atoms with Gasteiger partial charge in [-0.15, -0.1) is 0 Å². The predicted octanol–water partition coefficient (Wildman–Crippen LogP) is 4.83. The molecule has 6 saturated carbocycles. The summed E-state index contributed by atoms with van der Waals surface area (Å²) in [5.74, 6) is 3.12. The molecule has 198 valence electrons. The first-order valence-electron chi connectivity index (χ1n) is 14.8. The Morgan fingerprint density at radius 2 is 1.60 bits per heavy atom. The van der Waals surface area contributed by atoms with Gasteiger partial charge in [0.05, 0.1) is 12.2 Å².